The van der Waals surface area contributed by atoms with Crippen molar-refractivity contribution in [2.45, 2.75) is 25.2 Å². The fourth-order valence-corrected chi connectivity index (χ4v) is 2.97. The zero-order valence-corrected chi connectivity index (χ0v) is 10.5. The van der Waals surface area contributed by atoms with Gasteiger partial charge in [-0.2, -0.15) is 0 Å². The lowest BCUT2D eigenvalue weighted by Crippen LogP contribution is -2.22. The van der Waals surface area contributed by atoms with Crippen LogP contribution in [0.1, 0.15) is 17.9 Å². The zero-order valence-electron chi connectivity index (χ0n) is 9.68. The molecule has 7 nitrogen and oxygen atoms in total. The Kier molecular flexibility index (Phi) is 3.53. The molecule has 2 unspecified atom stereocenters. The highest BCUT2D eigenvalue weighted by Crippen LogP contribution is 2.41. The number of aliphatic hydroxyl groups is 3. The fraction of sp³-hybridized carbons (Fsp3) is 0.600. The molecule has 8 heteroatoms. The number of nitrogens with zero attached hydrogens (tertiary/aromatic N) is 2. The van der Waals surface area contributed by atoms with Crippen molar-refractivity contribution in [2.24, 2.45) is 0 Å². The average Bonchev–Trinajstić information content (AvgIpc) is 2.83. The van der Waals surface area contributed by atoms with Crippen molar-refractivity contribution >= 4 is 22.0 Å². The first-order valence-electron chi connectivity index (χ1n) is 5.47. The third kappa shape index (κ3) is 2.32. The van der Waals surface area contributed by atoms with Gasteiger partial charge < -0.3 is 20.2 Å². The van der Waals surface area contributed by atoms with Crippen molar-refractivity contribution in [1.29, 1.82) is 0 Å². The molecule has 0 saturated carbocycles. The van der Waals surface area contributed by atoms with Crippen LogP contribution in [0.25, 0.3) is 0 Å². The maximum Gasteiger partial charge on any atom is 0.304 e. The molecule has 3 N–H and O–H groups in total. The molecule has 1 aromatic rings. The maximum absolute atomic E-state index is 11.0. The molecule has 0 radical (unpaired) electrons. The molecule has 2 rings (SSSR count). The smallest absolute Gasteiger partial charge is 0.304 e. The van der Waals surface area contributed by atoms with E-state index >= 15 is 0 Å². The van der Waals surface area contributed by atoms with Crippen LogP contribution in [0.2, 0.25) is 0 Å². The van der Waals surface area contributed by atoms with Gasteiger partial charge in [0.25, 0.3) is 0 Å². The predicted molar refractivity (Wildman–Crippen MR) is 65.8 cm³/mol. The van der Waals surface area contributed by atoms with Crippen LogP contribution in [0.3, 0.4) is 0 Å². The van der Waals surface area contributed by atoms with Crippen molar-refractivity contribution in [1.82, 2.24) is 0 Å². The molecule has 2 heterocycles. The van der Waals surface area contributed by atoms with Crippen molar-refractivity contribution < 1.29 is 20.2 Å². The Morgan fingerprint density at radius 2 is 2.06 bits per heavy atom. The number of thiophene rings is 1. The van der Waals surface area contributed by atoms with E-state index in [1.54, 1.807) is 4.90 Å². The van der Waals surface area contributed by atoms with Gasteiger partial charge in [0.1, 0.15) is 0 Å². The summed E-state index contributed by atoms with van der Waals surface area (Å²) < 4.78 is 0. The molecule has 0 bridgehead atoms. The summed E-state index contributed by atoms with van der Waals surface area (Å²) in [6.45, 7) is 1.84. The van der Waals surface area contributed by atoms with Gasteiger partial charge >= 0.3 is 5.69 Å². The second-order valence-electron chi connectivity index (χ2n) is 4.31. The van der Waals surface area contributed by atoms with E-state index in [2.05, 4.69) is 0 Å². The van der Waals surface area contributed by atoms with Crippen molar-refractivity contribution in [3.63, 3.8) is 0 Å². The molecule has 1 aliphatic heterocycles. The molecule has 0 aliphatic carbocycles. The minimum atomic E-state index is -0.901. The third-order valence-corrected chi connectivity index (χ3v) is 4.22. The van der Waals surface area contributed by atoms with E-state index in [0.29, 0.717) is 9.88 Å². The van der Waals surface area contributed by atoms with Gasteiger partial charge in [0.05, 0.1) is 23.2 Å². The van der Waals surface area contributed by atoms with Crippen LogP contribution in [-0.2, 0) is 0 Å². The first kappa shape index (κ1) is 13.2. The maximum atomic E-state index is 11.0. The Hall–Kier alpha value is -1.22. The van der Waals surface area contributed by atoms with Gasteiger partial charge in [0.15, 0.2) is 5.00 Å². The lowest BCUT2D eigenvalue weighted by molar-refractivity contribution is -0.383. The predicted octanol–water partition coefficient (Wildman–Crippen LogP) is 0.251. The van der Waals surface area contributed by atoms with Crippen LogP contribution >= 0.6 is 11.3 Å². The summed E-state index contributed by atoms with van der Waals surface area (Å²) in [5.74, 6) is 0. The highest BCUT2D eigenvalue weighted by Gasteiger charge is 2.35. The lowest BCUT2D eigenvalue weighted by atomic mass is 10.3. The summed E-state index contributed by atoms with van der Waals surface area (Å²) in [6, 6.07) is 1.34. The molecule has 1 aliphatic rings. The van der Waals surface area contributed by atoms with Crippen molar-refractivity contribution in [3.05, 3.63) is 21.1 Å². The quantitative estimate of drug-likeness (QED) is 0.539. The molecule has 100 valence electrons. The molecule has 1 aromatic heterocycles. The molecule has 3 atom stereocenters. The number of rotatable bonds is 3. The molecule has 0 spiro atoms. The second kappa shape index (κ2) is 4.81. The molecule has 1 saturated heterocycles. The monoisotopic (exact) mass is 274 g/mol. The van der Waals surface area contributed by atoms with Crippen LogP contribution in [0.15, 0.2) is 6.07 Å². The van der Waals surface area contributed by atoms with Crippen LogP contribution < -0.4 is 4.90 Å². The summed E-state index contributed by atoms with van der Waals surface area (Å²) in [5.41, 5.74) is -0.0998. The number of β-amino-alcohol motifs (C(OH)–C–C–N with tert-alkyl or cyclic N) is 2. The van der Waals surface area contributed by atoms with E-state index in [-0.39, 0.29) is 18.8 Å². The largest absolute Gasteiger partial charge is 0.389 e. The number of anilines is 1. The van der Waals surface area contributed by atoms with E-state index in [1.807, 2.05) is 0 Å². The van der Waals surface area contributed by atoms with Gasteiger partial charge in [-0.1, -0.05) is 0 Å². The standard InChI is InChI=1S/C10H14N2O5S/c1-5(13)9-2-6(12(16)17)10(18-9)11-3-7(14)8(15)4-11/h2,5,7-8,13-15H,3-4H2,1H3/t5-,7?,8?/m0/s1. The van der Waals surface area contributed by atoms with Crippen molar-refractivity contribution in [3.8, 4) is 0 Å². The molecule has 0 amide bonds. The summed E-state index contributed by atoms with van der Waals surface area (Å²) in [6.07, 6.45) is -2.58. The average molecular weight is 274 g/mol. The highest BCUT2D eigenvalue weighted by molar-refractivity contribution is 7.16. The lowest BCUT2D eigenvalue weighted by Gasteiger charge is -2.14. The first-order chi connectivity index (χ1) is 8.40. The van der Waals surface area contributed by atoms with Gasteiger partial charge in [-0.05, 0) is 6.92 Å². The SMILES string of the molecule is C[C@H](O)c1cc([N+](=O)[O-])c(N2CC(O)C(O)C2)s1. The number of aliphatic hydroxyl groups excluding tert-OH is 3. The number of nitro groups is 1. The van der Waals surface area contributed by atoms with E-state index in [1.165, 1.54) is 13.0 Å². The summed E-state index contributed by atoms with van der Waals surface area (Å²) in [7, 11) is 0. The topological polar surface area (TPSA) is 107 Å². The molecule has 18 heavy (non-hydrogen) atoms. The zero-order chi connectivity index (χ0) is 13.4. The summed E-state index contributed by atoms with van der Waals surface area (Å²) >= 11 is 1.11. The molecule has 1 fully saturated rings. The minimum Gasteiger partial charge on any atom is -0.389 e. The summed E-state index contributed by atoms with van der Waals surface area (Å²) in [4.78, 5) is 12.5. The summed E-state index contributed by atoms with van der Waals surface area (Å²) in [5, 5.41) is 39.7. The number of hydrogen-bond acceptors (Lipinski definition) is 7. The minimum absolute atomic E-state index is 0.0998. The molecular formula is C10H14N2O5S. The normalized spacial score (nSPS) is 25.4. The fourth-order valence-electron chi connectivity index (χ4n) is 1.89. The number of hydrogen-bond donors (Lipinski definition) is 3. The van der Waals surface area contributed by atoms with Crippen LogP contribution in [0, 0.1) is 10.1 Å². The van der Waals surface area contributed by atoms with Gasteiger partial charge in [0, 0.05) is 24.0 Å². The Morgan fingerprint density at radius 1 is 1.50 bits per heavy atom. The van der Waals surface area contributed by atoms with Crippen LogP contribution in [0.5, 0.6) is 0 Å². The van der Waals surface area contributed by atoms with Gasteiger partial charge in [-0.3, -0.25) is 10.1 Å². The molecule has 0 aromatic carbocycles. The van der Waals surface area contributed by atoms with Crippen LogP contribution in [0.4, 0.5) is 10.7 Å². The third-order valence-electron chi connectivity index (χ3n) is 2.87. The Bertz CT molecular complexity index is 451. The van der Waals surface area contributed by atoms with E-state index in [0.717, 1.165) is 11.3 Å². The Balaban J connectivity index is 2.34. The van der Waals surface area contributed by atoms with E-state index in [4.69, 9.17) is 0 Å². The van der Waals surface area contributed by atoms with Gasteiger partial charge in [0.2, 0.25) is 0 Å². The first-order valence-corrected chi connectivity index (χ1v) is 6.29. The van der Waals surface area contributed by atoms with Gasteiger partial charge in [-0.15, -0.1) is 11.3 Å². The van der Waals surface area contributed by atoms with Gasteiger partial charge in [-0.25, -0.2) is 0 Å². The van der Waals surface area contributed by atoms with Crippen LogP contribution in [-0.4, -0.2) is 45.5 Å². The second-order valence-corrected chi connectivity index (χ2v) is 5.37. The van der Waals surface area contributed by atoms with E-state index in [9.17, 15) is 25.4 Å². The van der Waals surface area contributed by atoms with E-state index < -0.39 is 23.2 Å². The highest BCUT2D eigenvalue weighted by atomic mass is 32.1. The molecular weight excluding hydrogens is 260 g/mol. The Labute approximate surface area is 107 Å². The Morgan fingerprint density at radius 3 is 2.50 bits per heavy atom. The van der Waals surface area contributed by atoms with Crippen molar-refractivity contribution in [2.75, 3.05) is 18.0 Å².